The standard InChI is InChI=1S/C12H18N3O2/c1-13(2)9-6-10-14(3)11-7-4-5-8-12(11)15(16)17/h4-5,7H,6,9-10H2,1-3H3. The average Bonchev–Trinajstić information content (AvgIpc) is 2.28. The van der Waals surface area contributed by atoms with Gasteiger partial charge in [0.2, 0.25) is 0 Å². The average molecular weight is 236 g/mol. The van der Waals surface area contributed by atoms with E-state index in [0.717, 1.165) is 19.5 Å². The molecule has 0 saturated carbocycles. The third-order valence-corrected chi connectivity index (χ3v) is 2.51. The van der Waals surface area contributed by atoms with Crippen molar-refractivity contribution < 1.29 is 4.92 Å². The fraction of sp³-hybridized carbons (Fsp3) is 0.500. The first kappa shape index (κ1) is 13.4. The minimum Gasteiger partial charge on any atom is -0.369 e. The highest BCUT2D eigenvalue weighted by molar-refractivity contribution is 5.61. The molecule has 0 aliphatic heterocycles. The predicted molar refractivity (Wildman–Crippen MR) is 68.4 cm³/mol. The topological polar surface area (TPSA) is 49.6 Å². The highest BCUT2D eigenvalue weighted by atomic mass is 16.6. The van der Waals surface area contributed by atoms with Gasteiger partial charge < -0.3 is 9.80 Å². The predicted octanol–water partition coefficient (Wildman–Crippen LogP) is 1.78. The van der Waals surface area contributed by atoms with E-state index in [4.69, 9.17) is 0 Å². The smallest absolute Gasteiger partial charge is 0.300 e. The minimum absolute atomic E-state index is 0.0415. The molecule has 0 aliphatic rings. The van der Waals surface area contributed by atoms with Crippen LogP contribution in [0.4, 0.5) is 11.4 Å². The van der Waals surface area contributed by atoms with Crippen LogP contribution in [0.1, 0.15) is 6.42 Å². The molecule has 1 radical (unpaired) electrons. The molecule has 0 N–H and O–H groups in total. The molecule has 0 spiro atoms. The van der Waals surface area contributed by atoms with Gasteiger partial charge in [-0.05, 0) is 39.2 Å². The lowest BCUT2D eigenvalue weighted by molar-refractivity contribution is -0.384. The Morgan fingerprint density at radius 1 is 1.35 bits per heavy atom. The van der Waals surface area contributed by atoms with Crippen LogP contribution in [0.2, 0.25) is 0 Å². The normalized spacial score (nSPS) is 10.6. The lowest BCUT2D eigenvalue weighted by Crippen LogP contribution is -2.23. The van der Waals surface area contributed by atoms with Crippen molar-refractivity contribution in [2.45, 2.75) is 6.42 Å². The van der Waals surface area contributed by atoms with Crippen LogP contribution >= 0.6 is 0 Å². The van der Waals surface area contributed by atoms with Crippen molar-refractivity contribution in [1.82, 2.24) is 4.90 Å². The molecule has 0 unspecified atom stereocenters. The van der Waals surface area contributed by atoms with Crippen molar-refractivity contribution in [3.8, 4) is 0 Å². The van der Waals surface area contributed by atoms with Gasteiger partial charge in [-0.1, -0.05) is 6.07 Å². The monoisotopic (exact) mass is 236 g/mol. The van der Waals surface area contributed by atoms with Crippen LogP contribution in [0.5, 0.6) is 0 Å². The highest BCUT2D eigenvalue weighted by Crippen LogP contribution is 2.25. The maximum absolute atomic E-state index is 10.8. The molecule has 1 aromatic carbocycles. The summed E-state index contributed by atoms with van der Waals surface area (Å²) in [5.74, 6) is 0. The van der Waals surface area contributed by atoms with E-state index in [1.807, 2.05) is 26.0 Å². The Bertz CT molecular complexity index is 380. The van der Waals surface area contributed by atoms with Crippen LogP contribution in [-0.2, 0) is 0 Å². The molecular formula is C12H18N3O2. The van der Waals surface area contributed by atoms with E-state index in [2.05, 4.69) is 11.0 Å². The van der Waals surface area contributed by atoms with Crippen LogP contribution in [0, 0.1) is 16.2 Å². The summed E-state index contributed by atoms with van der Waals surface area (Å²) in [6.07, 6.45) is 0.968. The molecule has 0 heterocycles. The molecule has 0 aliphatic carbocycles. The first-order valence-corrected chi connectivity index (χ1v) is 5.53. The van der Waals surface area contributed by atoms with E-state index in [9.17, 15) is 10.1 Å². The van der Waals surface area contributed by atoms with Gasteiger partial charge in [0.05, 0.1) is 11.0 Å². The number of anilines is 1. The van der Waals surface area contributed by atoms with Gasteiger partial charge in [0.15, 0.2) is 0 Å². The molecule has 0 atom stereocenters. The van der Waals surface area contributed by atoms with Gasteiger partial charge in [-0.25, -0.2) is 0 Å². The molecule has 1 rings (SSSR count). The maximum atomic E-state index is 10.8. The summed E-state index contributed by atoms with van der Waals surface area (Å²) in [5.41, 5.74) is 0.663. The Balaban J connectivity index is 2.68. The fourth-order valence-electron chi connectivity index (χ4n) is 1.62. The van der Waals surface area contributed by atoms with E-state index in [1.165, 1.54) is 0 Å². The lowest BCUT2D eigenvalue weighted by Gasteiger charge is -2.20. The van der Waals surface area contributed by atoms with E-state index in [0.29, 0.717) is 5.69 Å². The van der Waals surface area contributed by atoms with Gasteiger partial charge in [0.1, 0.15) is 5.69 Å². The van der Waals surface area contributed by atoms with Crippen molar-refractivity contribution in [2.24, 2.45) is 0 Å². The van der Waals surface area contributed by atoms with E-state index in [1.54, 1.807) is 18.2 Å². The highest BCUT2D eigenvalue weighted by Gasteiger charge is 2.15. The fourth-order valence-corrected chi connectivity index (χ4v) is 1.62. The molecule has 0 fully saturated rings. The first-order valence-electron chi connectivity index (χ1n) is 5.53. The molecule has 1 aromatic rings. The minimum atomic E-state index is -0.391. The molecule has 0 amide bonds. The van der Waals surface area contributed by atoms with Crippen molar-refractivity contribution in [1.29, 1.82) is 0 Å². The van der Waals surface area contributed by atoms with Crippen molar-refractivity contribution >= 4 is 11.4 Å². The Hall–Kier alpha value is -1.62. The second-order valence-electron chi connectivity index (χ2n) is 4.24. The number of hydrogen-bond acceptors (Lipinski definition) is 4. The molecule has 0 saturated heterocycles. The van der Waals surface area contributed by atoms with E-state index in [-0.39, 0.29) is 5.69 Å². The largest absolute Gasteiger partial charge is 0.369 e. The molecule has 5 heteroatoms. The lowest BCUT2D eigenvalue weighted by atomic mass is 10.2. The quantitative estimate of drug-likeness (QED) is 0.558. The van der Waals surface area contributed by atoms with Crippen LogP contribution < -0.4 is 4.90 Å². The van der Waals surface area contributed by atoms with Gasteiger partial charge in [0.25, 0.3) is 0 Å². The van der Waals surface area contributed by atoms with Gasteiger partial charge in [0, 0.05) is 13.6 Å². The van der Waals surface area contributed by atoms with E-state index >= 15 is 0 Å². The second kappa shape index (κ2) is 6.20. The van der Waals surface area contributed by atoms with Crippen molar-refractivity contribution in [2.75, 3.05) is 39.1 Å². The Morgan fingerprint density at radius 3 is 2.65 bits per heavy atom. The number of nitrogens with zero attached hydrogens (tertiary/aromatic N) is 3. The molecule has 0 bridgehead atoms. The second-order valence-corrected chi connectivity index (χ2v) is 4.24. The Morgan fingerprint density at radius 2 is 2.06 bits per heavy atom. The zero-order valence-electron chi connectivity index (χ0n) is 10.5. The third kappa shape index (κ3) is 4.03. The summed E-state index contributed by atoms with van der Waals surface area (Å²) in [7, 11) is 5.89. The molecule has 5 nitrogen and oxygen atoms in total. The number of para-hydroxylation sites is 1. The zero-order valence-corrected chi connectivity index (χ0v) is 10.5. The van der Waals surface area contributed by atoms with Gasteiger partial charge >= 0.3 is 5.69 Å². The van der Waals surface area contributed by atoms with Crippen molar-refractivity contribution in [3.63, 3.8) is 0 Å². The summed E-state index contributed by atoms with van der Waals surface area (Å²) in [6, 6.07) is 7.75. The van der Waals surface area contributed by atoms with Gasteiger partial charge in [-0.15, -0.1) is 0 Å². The molecular weight excluding hydrogens is 218 g/mol. The van der Waals surface area contributed by atoms with Crippen LogP contribution in [0.3, 0.4) is 0 Å². The summed E-state index contributed by atoms with van der Waals surface area (Å²) >= 11 is 0. The summed E-state index contributed by atoms with van der Waals surface area (Å²) in [4.78, 5) is 14.5. The van der Waals surface area contributed by atoms with E-state index < -0.39 is 4.92 Å². The number of nitro benzene ring substituents is 1. The number of rotatable bonds is 6. The maximum Gasteiger partial charge on any atom is 0.300 e. The van der Waals surface area contributed by atoms with Gasteiger partial charge in [-0.2, -0.15) is 0 Å². The third-order valence-electron chi connectivity index (χ3n) is 2.51. The first-order chi connectivity index (χ1) is 8.02. The van der Waals surface area contributed by atoms with Gasteiger partial charge in [-0.3, -0.25) is 10.1 Å². The Kier molecular flexibility index (Phi) is 4.90. The van der Waals surface area contributed by atoms with Crippen LogP contribution in [0.15, 0.2) is 18.2 Å². The van der Waals surface area contributed by atoms with Crippen LogP contribution in [0.25, 0.3) is 0 Å². The number of benzene rings is 1. The molecule has 0 aromatic heterocycles. The summed E-state index contributed by atoms with van der Waals surface area (Å²) in [6.45, 7) is 1.76. The SMILES string of the molecule is CN(C)CCCN(C)c1ccc[c]c1[N+](=O)[O-]. The van der Waals surface area contributed by atoms with Crippen molar-refractivity contribution in [3.05, 3.63) is 34.4 Å². The number of hydrogen-bond donors (Lipinski definition) is 0. The molecule has 17 heavy (non-hydrogen) atoms. The zero-order chi connectivity index (χ0) is 12.8. The Labute approximate surface area is 102 Å². The van der Waals surface area contributed by atoms with Crippen LogP contribution in [-0.4, -0.2) is 44.1 Å². The molecule has 93 valence electrons. The summed E-state index contributed by atoms with van der Waals surface area (Å²) in [5, 5.41) is 10.8. The number of nitro groups is 1. The summed E-state index contributed by atoms with van der Waals surface area (Å²) < 4.78 is 0.